The normalized spacial score (nSPS) is 10.4. The quantitative estimate of drug-likeness (QED) is 0.748. The lowest BCUT2D eigenvalue weighted by Gasteiger charge is -2.03. The van der Waals surface area contributed by atoms with Gasteiger partial charge < -0.3 is 9.84 Å². The Hall–Kier alpha value is -2.11. The van der Waals surface area contributed by atoms with E-state index in [0.717, 1.165) is 0 Å². The van der Waals surface area contributed by atoms with Gasteiger partial charge in [-0.05, 0) is 0 Å². The Balaban J connectivity index is 2.73. The minimum Gasteiger partial charge on any atom is -0.481 e. The predicted octanol–water partition coefficient (Wildman–Crippen LogP) is 0.436. The third-order valence-corrected chi connectivity index (χ3v) is 1.75. The number of fused-ring (bicyclic) bond motifs is 1. The van der Waals surface area contributed by atoms with E-state index in [1.165, 1.54) is 23.9 Å². The summed E-state index contributed by atoms with van der Waals surface area (Å²) in [6.45, 7) is 0. The Morgan fingerprint density at radius 2 is 2.43 bits per heavy atom. The van der Waals surface area contributed by atoms with Crippen LogP contribution in [0.15, 0.2) is 18.3 Å². The number of hydrogen-bond acceptors (Lipinski definition) is 4. The van der Waals surface area contributed by atoms with Gasteiger partial charge in [-0.1, -0.05) is 0 Å². The Morgan fingerprint density at radius 1 is 1.64 bits per heavy atom. The molecule has 2 rings (SSSR count). The molecule has 0 fully saturated rings. The third-order valence-electron chi connectivity index (χ3n) is 1.75. The van der Waals surface area contributed by atoms with Gasteiger partial charge in [0, 0.05) is 12.1 Å². The van der Waals surface area contributed by atoms with E-state index < -0.39 is 5.97 Å². The first-order valence-corrected chi connectivity index (χ1v) is 3.84. The fourth-order valence-electron chi connectivity index (χ4n) is 1.14. The molecule has 0 amide bonds. The van der Waals surface area contributed by atoms with Gasteiger partial charge in [0.05, 0.1) is 13.3 Å². The van der Waals surface area contributed by atoms with Crippen LogP contribution in [0.5, 0.6) is 5.88 Å². The van der Waals surface area contributed by atoms with Crippen LogP contribution in [0.25, 0.3) is 5.65 Å². The van der Waals surface area contributed by atoms with Crippen molar-refractivity contribution in [3.05, 3.63) is 24.0 Å². The zero-order chi connectivity index (χ0) is 10.1. The second-order valence-corrected chi connectivity index (χ2v) is 2.59. The highest BCUT2D eigenvalue weighted by Crippen LogP contribution is 2.13. The Morgan fingerprint density at radius 3 is 3.07 bits per heavy atom. The van der Waals surface area contributed by atoms with Gasteiger partial charge in [0.25, 0.3) is 0 Å². The van der Waals surface area contributed by atoms with E-state index in [1.54, 1.807) is 6.07 Å². The number of ether oxygens (including phenoxy) is 1. The topological polar surface area (TPSA) is 76.7 Å². The van der Waals surface area contributed by atoms with Crippen molar-refractivity contribution in [3.63, 3.8) is 0 Å². The molecule has 0 aliphatic carbocycles. The van der Waals surface area contributed by atoms with Crippen molar-refractivity contribution in [1.82, 2.24) is 14.6 Å². The SMILES string of the molecule is COc1cc(C(=O)O)nc2ccnn12. The molecule has 6 nitrogen and oxygen atoms in total. The standard InChI is InChI=1S/C8H7N3O3/c1-14-7-4-5(8(12)13)10-6-2-3-9-11(6)7/h2-4H,1H3,(H,12,13). The zero-order valence-corrected chi connectivity index (χ0v) is 7.34. The number of aromatic nitrogens is 3. The Kier molecular flexibility index (Phi) is 1.81. The van der Waals surface area contributed by atoms with Crippen molar-refractivity contribution in [1.29, 1.82) is 0 Å². The smallest absolute Gasteiger partial charge is 0.354 e. The van der Waals surface area contributed by atoms with Gasteiger partial charge in [0.2, 0.25) is 5.88 Å². The van der Waals surface area contributed by atoms with Gasteiger partial charge in [-0.15, -0.1) is 0 Å². The van der Waals surface area contributed by atoms with Crippen molar-refractivity contribution >= 4 is 11.6 Å². The highest BCUT2D eigenvalue weighted by molar-refractivity contribution is 5.86. The fraction of sp³-hybridized carbons (Fsp3) is 0.125. The van der Waals surface area contributed by atoms with Gasteiger partial charge in [-0.25, -0.2) is 9.78 Å². The summed E-state index contributed by atoms with van der Waals surface area (Å²) in [5.74, 6) is -0.746. The van der Waals surface area contributed by atoms with E-state index >= 15 is 0 Å². The third kappa shape index (κ3) is 1.17. The van der Waals surface area contributed by atoms with E-state index in [1.807, 2.05) is 0 Å². The molecule has 0 aromatic carbocycles. The minimum absolute atomic E-state index is 0.0603. The van der Waals surface area contributed by atoms with E-state index in [4.69, 9.17) is 9.84 Å². The molecule has 6 heteroatoms. The van der Waals surface area contributed by atoms with Crippen LogP contribution in [0, 0.1) is 0 Å². The molecule has 2 heterocycles. The van der Waals surface area contributed by atoms with Crippen molar-refractivity contribution in [2.24, 2.45) is 0 Å². The summed E-state index contributed by atoms with van der Waals surface area (Å²) in [6.07, 6.45) is 1.52. The fourth-order valence-corrected chi connectivity index (χ4v) is 1.14. The first-order chi connectivity index (χ1) is 6.72. The Bertz CT molecular complexity index is 492. The van der Waals surface area contributed by atoms with Gasteiger partial charge >= 0.3 is 5.97 Å². The lowest BCUT2D eigenvalue weighted by Crippen LogP contribution is -2.05. The lowest BCUT2D eigenvalue weighted by atomic mass is 10.4. The molecule has 0 aliphatic heterocycles. The highest BCUT2D eigenvalue weighted by Gasteiger charge is 2.10. The molecule has 0 saturated heterocycles. The number of carboxylic acid groups (broad SMARTS) is 1. The average Bonchev–Trinajstić information content (AvgIpc) is 2.63. The summed E-state index contributed by atoms with van der Waals surface area (Å²) in [5.41, 5.74) is 0.386. The van der Waals surface area contributed by atoms with E-state index in [9.17, 15) is 4.79 Å². The van der Waals surface area contributed by atoms with Crippen LogP contribution in [0.2, 0.25) is 0 Å². The van der Waals surface area contributed by atoms with Crippen LogP contribution in [0.3, 0.4) is 0 Å². The number of aromatic carboxylic acids is 1. The largest absolute Gasteiger partial charge is 0.481 e. The number of carboxylic acids is 1. The van der Waals surface area contributed by atoms with Crippen molar-refractivity contribution in [2.75, 3.05) is 7.11 Å². The second-order valence-electron chi connectivity index (χ2n) is 2.59. The Labute approximate surface area is 78.8 Å². The maximum absolute atomic E-state index is 10.7. The molecule has 0 radical (unpaired) electrons. The van der Waals surface area contributed by atoms with Crippen LogP contribution in [0.4, 0.5) is 0 Å². The molecule has 2 aromatic rings. The first kappa shape index (κ1) is 8.49. The summed E-state index contributed by atoms with van der Waals surface area (Å²) >= 11 is 0. The molecule has 0 saturated carbocycles. The summed E-state index contributed by atoms with van der Waals surface area (Å²) in [6, 6.07) is 2.93. The molecule has 0 spiro atoms. The number of nitrogens with zero attached hydrogens (tertiary/aromatic N) is 3. The maximum atomic E-state index is 10.7. The predicted molar refractivity (Wildman–Crippen MR) is 46.5 cm³/mol. The molecule has 2 aromatic heterocycles. The van der Waals surface area contributed by atoms with Gasteiger partial charge in [-0.3, -0.25) is 0 Å². The minimum atomic E-state index is -1.09. The summed E-state index contributed by atoms with van der Waals surface area (Å²) < 4.78 is 6.40. The van der Waals surface area contributed by atoms with E-state index in [2.05, 4.69) is 10.1 Å². The van der Waals surface area contributed by atoms with Gasteiger partial charge in [0.15, 0.2) is 11.3 Å². The lowest BCUT2D eigenvalue weighted by molar-refractivity contribution is 0.0690. The molecule has 14 heavy (non-hydrogen) atoms. The average molecular weight is 193 g/mol. The highest BCUT2D eigenvalue weighted by atomic mass is 16.5. The van der Waals surface area contributed by atoms with Crippen LogP contribution in [-0.2, 0) is 0 Å². The molecule has 0 bridgehead atoms. The number of methoxy groups -OCH3 is 1. The molecule has 0 atom stereocenters. The monoisotopic (exact) mass is 193 g/mol. The summed E-state index contributed by atoms with van der Waals surface area (Å²) in [4.78, 5) is 14.6. The summed E-state index contributed by atoms with van der Waals surface area (Å²) in [5, 5.41) is 12.7. The van der Waals surface area contributed by atoms with Crippen LogP contribution < -0.4 is 4.74 Å². The molecular weight excluding hydrogens is 186 g/mol. The van der Waals surface area contributed by atoms with E-state index in [0.29, 0.717) is 11.5 Å². The van der Waals surface area contributed by atoms with Gasteiger partial charge in [-0.2, -0.15) is 9.61 Å². The van der Waals surface area contributed by atoms with Crippen molar-refractivity contribution in [3.8, 4) is 5.88 Å². The van der Waals surface area contributed by atoms with Crippen molar-refractivity contribution < 1.29 is 14.6 Å². The molecule has 1 N–H and O–H groups in total. The van der Waals surface area contributed by atoms with Gasteiger partial charge in [0.1, 0.15) is 0 Å². The van der Waals surface area contributed by atoms with Crippen LogP contribution >= 0.6 is 0 Å². The summed E-state index contributed by atoms with van der Waals surface area (Å²) in [7, 11) is 1.45. The van der Waals surface area contributed by atoms with Crippen LogP contribution in [-0.4, -0.2) is 32.8 Å². The molecule has 0 aliphatic rings. The zero-order valence-electron chi connectivity index (χ0n) is 7.34. The van der Waals surface area contributed by atoms with Crippen LogP contribution in [0.1, 0.15) is 10.5 Å². The number of carbonyl (C=O) groups is 1. The first-order valence-electron chi connectivity index (χ1n) is 3.84. The molecule has 72 valence electrons. The molecular formula is C8H7N3O3. The van der Waals surface area contributed by atoms with Crippen molar-refractivity contribution in [2.45, 2.75) is 0 Å². The number of rotatable bonds is 2. The molecule has 0 unspecified atom stereocenters. The van der Waals surface area contributed by atoms with E-state index in [-0.39, 0.29) is 5.69 Å². The second kappa shape index (κ2) is 2.99. The number of hydrogen-bond donors (Lipinski definition) is 1. The maximum Gasteiger partial charge on any atom is 0.354 e.